The summed E-state index contributed by atoms with van der Waals surface area (Å²) in [6.45, 7) is 4.71. The maximum absolute atomic E-state index is 6.06. The van der Waals surface area contributed by atoms with Gasteiger partial charge in [0.05, 0.1) is 6.67 Å². The van der Waals surface area contributed by atoms with Gasteiger partial charge in [-0.1, -0.05) is 17.7 Å². The van der Waals surface area contributed by atoms with Crippen molar-refractivity contribution in [2.45, 2.75) is 6.67 Å². The highest BCUT2D eigenvalue weighted by Crippen LogP contribution is 2.20. The van der Waals surface area contributed by atoms with Crippen molar-refractivity contribution in [2.75, 3.05) is 31.1 Å². The molecular formula is C14H18ClN5S. The number of benzene rings is 1. The minimum absolute atomic E-state index is 0.753. The number of hydrogen-bond donors (Lipinski definition) is 0. The number of hydrogen-bond acceptors (Lipinski definition) is 4. The van der Waals surface area contributed by atoms with Crippen LogP contribution >= 0.6 is 23.8 Å². The third-order valence-electron chi connectivity index (χ3n) is 3.77. The van der Waals surface area contributed by atoms with Crippen LogP contribution in [0, 0.1) is 4.77 Å². The van der Waals surface area contributed by atoms with E-state index < -0.39 is 0 Å². The molecule has 0 N–H and O–H groups in total. The Morgan fingerprint density at radius 3 is 2.62 bits per heavy atom. The van der Waals surface area contributed by atoms with E-state index in [9.17, 15) is 0 Å². The van der Waals surface area contributed by atoms with Crippen LogP contribution in [0.3, 0.4) is 0 Å². The van der Waals surface area contributed by atoms with Crippen molar-refractivity contribution >= 4 is 29.5 Å². The largest absolute Gasteiger partial charge is 0.369 e. The molecule has 0 spiro atoms. The number of aromatic nitrogens is 3. The summed E-state index contributed by atoms with van der Waals surface area (Å²) < 4.78 is 4.48. The van der Waals surface area contributed by atoms with Gasteiger partial charge in [-0.15, -0.1) is 0 Å². The zero-order chi connectivity index (χ0) is 14.8. The van der Waals surface area contributed by atoms with Crippen LogP contribution in [-0.2, 0) is 13.7 Å². The highest BCUT2D eigenvalue weighted by molar-refractivity contribution is 7.71. The number of piperazine rings is 1. The van der Waals surface area contributed by atoms with E-state index in [0.717, 1.165) is 42.6 Å². The van der Waals surface area contributed by atoms with E-state index >= 15 is 0 Å². The van der Waals surface area contributed by atoms with Gasteiger partial charge in [-0.3, -0.25) is 4.90 Å². The molecule has 0 unspecified atom stereocenters. The van der Waals surface area contributed by atoms with Crippen molar-refractivity contribution in [1.29, 1.82) is 0 Å². The molecule has 1 fully saturated rings. The summed E-state index contributed by atoms with van der Waals surface area (Å²) >= 11 is 11.4. The summed E-state index contributed by atoms with van der Waals surface area (Å²) in [4.78, 5) is 4.73. The Labute approximate surface area is 134 Å². The molecule has 0 amide bonds. The zero-order valence-corrected chi connectivity index (χ0v) is 13.5. The molecular weight excluding hydrogens is 306 g/mol. The predicted molar refractivity (Wildman–Crippen MR) is 87.3 cm³/mol. The lowest BCUT2D eigenvalue weighted by Gasteiger charge is -2.35. The fourth-order valence-corrected chi connectivity index (χ4v) is 2.86. The van der Waals surface area contributed by atoms with Gasteiger partial charge < -0.3 is 9.47 Å². The van der Waals surface area contributed by atoms with E-state index in [-0.39, 0.29) is 0 Å². The monoisotopic (exact) mass is 323 g/mol. The maximum atomic E-state index is 6.06. The summed E-state index contributed by atoms with van der Waals surface area (Å²) in [5.74, 6) is 0. The Balaban J connectivity index is 1.60. The van der Waals surface area contributed by atoms with Gasteiger partial charge in [0.25, 0.3) is 0 Å². The lowest BCUT2D eigenvalue weighted by molar-refractivity contribution is 0.194. The van der Waals surface area contributed by atoms with Crippen molar-refractivity contribution in [3.63, 3.8) is 0 Å². The highest BCUT2D eigenvalue weighted by atomic mass is 35.5. The molecule has 112 valence electrons. The second-order valence-electron chi connectivity index (χ2n) is 5.25. The van der Waals surface area contributed by atoms with E-state index in [1.165, 1.54) is 5.69 Å². The number of nitrogens with zero attached hydrogens (tertiary/aromatic N) is 5. The summed E-state index contributed by atoms with van der Waals surface area (Å²) in [7, 11) is 1.92. The van der Waals surface area contributed by atoms with Gasteiger partial charge in [-0.2, -0.15) is 5.10 Å². The Morgan fingerprint density at radius 1 is 1.24 bits per heavy atom. The summed E-state index contributed by atoms with van der Waals surface area (Å²) in [6.07, 6.45) is 1.75. The Kier molecular flexibility index (Phi) is 4.28. The standard InChI is InChI=1S/C14H18ClN5S/c1-17-10-16-20(14(17)21)11-18-5-7-19(8-6-18)13-4-2-3-12(15)9-13/h2-4,9-10H,5-8,11H2,1H3. The summed E-state index contributed by atoms with van der Waals surface area (Å²) in [5, 5.41) is 5.09. The van der Waals surface area contributed by atoms with Gasteiger partial charge in [0, 0.05) is 43.9 Å². The predicted octanol–water partition coefficient (Wildman–Crippen LogP) is 2.38. The molecule has 1 aromatic heterocycles. The first-order chi connectivity index (χ1) is 10.1. The van der Waals surface area contributed by atoms with Crippen LogP contribution in [-0.4, -0.2) is 45.4 Å². The molecule has 0 bridgehead atoms. The Bertz CT molecular complexity index is 672. The van der Waals surface area contributed by atoms with E-state index in [2.05, 4.69) is 21.0 Å². The first kappa shape index (κ1) is 14.6. The topological polar surface area (TPSA) is 29.2 Å². The molecule has 21 heavy (non-hydrogen) atoms. The molecule has 0 atom stereocenters. The van der Waals surface area contributed by atoms with E-state index in [0.29, 0.717) is 0 Å². The quantitative estimate of drug-likeness (QED) is 0.811. The number of aryl methyl sites for hydroxylation is 1. The smallest absolute Gasteiger partial charge is 0.198 e. The van der Waals surface area contributed by atoms with Crippen molar-refractivity contribution < 1.29 is 0 Å². The molecule has 2 heterocycles. The molecule has 1 aromatic carbocycles. The summed E-state index contributed by atoms with van der Waals surface area (Å²) in [6, 6.07) is 8.03. The molecule has 0 saturated carbocycles. The number of anilines is 1. The van der Waals surface area contributed by atoms with Crippen LogP contribution in [0.4, 0.5) is 5.69 Å². The van der Waals surface area contributed by atoms with Crippen LogP contribution in [0.1, 0.15) is 0 Å². The van der Waals surface area contributed by atoms with Crippen molar-refractivity contribution in [1.82, 2.24) is 19.2 Å². The average molecular weight is 324 g/mol. The van der Waals surface area contributed by atoms with Crippen molar-refractivity contribution in [3.8, 4) is 0 Å². The lowest BCUT2D eigenvalue weighted by Crippen LogP contribution is -2.47. The van der Waals surface area contributed by atoms with Gasteiger partial charge in [0.1, 0.15) is 6.33 Å². The van der Waals surface area contributed by atoms with Crippen LogP contribution in [0.5, 0.6) is 0 Å². The minimum Gasteiger partial charge on any atom is -0.369 e. The Hall–Kier alpha value is -1.37. The highest BCUT2D eigenvalue weighted by Gasteiger charge is 2.18. The van der Waals surface area contributed by atoms with E-state index in [1.807, 2.05) is 34.5 Å². The fourth-order valence-electron chi connectivity index (χ4n) is 2.53. The summed E-state index contributed by atoms with van der Waals surface area (Å²) in [5.41, 5.74) is 1.19. The second-order valence-corrected chi connectivity index (χ2v) is 6.05. The van der Waals surface area contributed by atoms with Gasteiger partial charge in [0.2, 0.25) is 0 Å². The van der Waals surface area contributed by atoms with Crippen molar-refractivity contribution in [3.05, 3.63) is 40.4 Å². The minimum atomic E-state index is 0.753. The van der Waals surface area contributed by atoms with Crippen molar-refractivity contribution in [2.24, 2.45) is 7.05 Å². The molecule has 0 aliphatic carbocycles. The van der Waals surface area contributed by atoms with E-state index in [4.69, 9.17) is 23.8 Å². The molecule has 1 aliphatic heterocycles. The van der Waals surface area contributed by atoms with Gasteiger partial charge in [0.15, 0.2) is 4.77 Å². The maximum Gasteiger partial charge on any atom is 0.198 e. The molecule has 1 aliphatic rings. The first-order valence-electron chi connectivity index (χ1n) is 6.95. The van der Waals surface area contributed by atoms with Gasteiger partial charge in [-0.25, -0.2) is 4.68 Å². The molecule has 0 radical (unpaired) electrons. The van der Waals surface area contributed by atoms with Gasteiger partial charge >= 0.3 is 0 Å². The van der Waals surface area contributed by atoms with Crippen LogP contribution in [0.2, 0.25) is 5.02 Å². The lowest BCUT2D eigenvalue weighted by atomic mass is 10.2. The van der Waals surface area contributed by atoms with Gasteiger partial charge in [-0.05, 0) is 30.4 Å². The van der Waals surface area contributed by atoms with E-state index in [1.54, 1.807) is 6.33 Å². The first-order valence-corrected chi connectivity index (χ1v) is 7.73. The number of rotatable bonds is 3. The molecule has 2 aromatic rings. The van der Waals surface area contributed by atoms with Crippen LogP contribution in [0.25, 0.3) is 0 Å². The zero-order valence-electron chi connectivity index (χ0n) is 11.9. The van der Waals surface area contributed by atoms with Crippen LogP contribution in [0.15, 0.2) is 30.6 Å². The fraction of sp³-hybridized carbons (Fsp3) is 0.429. The third kappa shape index (κ3) is 3.28. The SMILES string of the molecule is Cn1cnn(CN2CCN(c3cccc(Cl)c3)CC2)c1=S. The third-order valence-corrected chi connectivity index (χ3v) is 4.50. The second kappa shape index (κ2) is 6.17. The normalized spacial score (nSPS) is 16.4. The molecule has 7 heteroatoms. The molecule has 3 rings (SSSR count). The number of halogens is 1. The Morgan fingerprint density at radius 2 is 2.00 bits per heavy atom. The van der Waals surface area contributed by atoms with Crippen LogP contribution < -0.4 is 4.90 Å². The molecule has 5 nitrogen and oxygen atoms in total. The molecule has 1 saturated heterocycles. The average Bonchev–Trinajstić information content (AvgIpc) is 2.80.